The van der Waals surface area contributed by atoms with E-state index in [1.807, 2.05) is 4.57 Å². The summed E-state index contributed by atoms with van der Waals surface area (Å²) in [5.74, 6) is 0.208. The number of hydrogen-bond acceptors (Lipinski definition) is 5. The molecule has 0 radical (unpaired) electrons. The minimum absolute atomic E-state index is 0.129. The molecule has 0 bridgehead atoms. The molecule has 0 spiro atoms. The molecule has 28 heavy (non-hydrogen) atoms. The van der Waals surface area contributed by atoms with Crippen LogP contribution in [0, 0.1) is 5.82 Å². The molecule has 0 aliphatic carbocycles. The lowest BCUT2D eigenvalue weighted by Crippen LogP contribution is -2.15. The number of nitrogens with one attached hydrogen (secondary N) is 1. The highest BCUT2D eigenvalue weighted by Gasteiger charge is 2.19. The molecular formula is C20H23FN4OS2. The monoisotopic (exact) mass is 418 g/mol. The first-order valence-electron chi connectivity index (χ1n) is 9.19. The Labute approximate surface area is 172 Å². The van der Waals surface area contributed by atoms with Crippen molar-refractivity contribution in [3.05, 3.63) is 46.4 Å². The van der Waals surface area contributed by atoms with Crippen LogP contribution in [0.3, 0.4) is 0 Å². The molecule has 3 aromatic rings. The lowest BCUT2D eigenvalue weighted by Gasteiger charge is -2.13. The zero-order valence-electron chi connectivity index (χ0n) is 16.1. The lowest BCUT2D eigenvalue weighted by atomic mass is 10.2. The van der Waals surface area contributed by atoms with Crippen molar-refractivity contribution < 1.29 is 9.18 Å². The number of thiophene rings is 1. The fourth-order valence-corrected chi connectivity index (χ4v) is 4.63. The van der Waals surface area contributed by atoms with Crippen LogP contribution in [0.5, 0.6) is 0 Å². The number of nitrogens with zero attached hydrogens (tertiary/aromatic N) is 3. The van der Waals surface area contributed by atoms with Gasteiger partial charge in [-0.3, -0.25) is 9.36 Å². The Morgan fingerprint density at radius 2 is 2.11 bits per heavy atom. The lowest BCUT2D eigenvalue weighted by molar-refractivity contribution is -0.113. The molecule has 2 aromatic heterocycles. The number of halogens is 1. The third-order valence-corrected chi connectivity index (χ3v) is 6.01. The molecule has 8 heteroatoms. The van der Waals surface area contributed by atoms with Crippen LogP contribution in [-0.4, -0.2) is 26.4 Å². The van der Waals surface area contributed by atoms with Crippen molar-refractivity contribution in [3.63, 3.8) is 0 Å². The second kappa shape index (κ2) is 9.34. The number of carbonyl (C=O) groups excluding carboxylic acids is 1. The standard InChI is InChI=1S/C20H23FN4OS2/c1-4-7-15-10-14(11-27-15)19-23-24-20(25(19)13(2)3)28-12-18(26)22-17-9-6-5-8-16(17)21/h5-6,8-11,13H,4,7,12H2,1-3H3,(H,22,26). The maximum absolute atomic E-state index is 13.7. The molecule has 0 unspecified atom stereocenters. The molecule has 148 valence electrons. The first-order valence-corrected chi connectivity index (χ1v) is 11.1. The Balaban J connectivity index is 1.72. The topological polar surface area (TPSA) is 59.8 Å². The van der Waals surface area contributed by atoms with Crippen LogP contribution in [0.25, 0.3) is 11.4 Å². The van der Waals surface area contributed by atoms with Crippen molar-refractivity contribution in [2.75, 3.05) is 11.1 Å². The van der Waals surface area contributed by atoms with E-state index >= 15 is 0 Å². The van der Waals surface area contributed by atoms with E-state index in [1.54, 1.807) is 23.5 Å². The molecule has 3 rings (SSSR count). The molecule has 0 atom stereocenters. The highest BCUT2D eigenvalue weighted by molar-refractivity contribution is 7.99. The van der Waals surface area contributed by atoms with E-state index in [-0.39, 0.29) is 23.4 Å². The van der Waals surface area contributed by atoms with Crippen molar-refractivity contribution >= 4 is 34.7 Å². The molecular weight excluding hydrogens is 395 g/mol. The summed E-state index contributed by atoms with van der Waals surface area (Å²) >= 11 is 3.03. The number of thioether (sulfide) groups is 1. The summed E-state index contributed by atoms with van der Waals surface area (Å²) in [7, 11) is 0. The van der Waals surface area contributed by atoms with Gasteiger partial charge in [-0.25, -0.2) is 4.39 Å². The second-order valence-corrected chi connectivity index (χ2v) is 8.58. The van der Waals surface area contributed by atoms with E-state index in [4.69, 9.17) is 0 Å². The van der Waals surface area contributed by atoms with E-state index in [0.29, 0.717) is 5.16 Å². The maximum atomic E-state index is 13.7. The van der Waals surface area contributed by atoms with E-state index in [9.17, 15) is 9.18 Å². The number of anilines is 1. The van der Waals surface area contributed by atoms with E-state index < -0.39 is 5.82 Å². The predicted octanol–water partition coefficient (Wildman–Crippen LogP) is 5.41. The summed E-state index contributed by atoms with van der Waals surface area (Å²) in [6.45, 7) is 6.29. The average molecular weight is 419 g/mol. The SMILES string of the molecule is CCCc1cc(-c2nnc(SCC(=O)Nc3ccccc3F)n2C(C)C)cs1. The highest BCUT2D eigenvalue weighted by atomic mass is 32.2. The zero-order chi connectivity index (χ0) is 20.1. The number of para-hydroxylation sites is 1. The summed E-state index contributed by atoms with van der Waals surface area (Å²) in [6.07, 6.45) is 2.16. The molecule has 1 aromatic carbocycles. The molecule has 5 nitrogen and oxygen atoms in total. The Morgan fingerprint density at radius 1 is 1.32 bits per heavy atom. The molecule has 0 aliphatic rings. The van der Waals surface area contributed by atoms with Crippen molar-refractivity contribution in [2.45, 2.75) is 44.8 Å². The van der Waals surface area contributed by atoms with E-state index in [2.05, 4.69) is 47.7 Å². The van der Waals surface area contributed by atoms with Gasteiger partial charge < -0.3 is 5.32 Å². The Bertz CT molecular complexity index is 951. The smallest absolute Gasteiger partial charge is 0.234 e. The third-order valence-electron chi connectivity index (χ3n) is 4.07. The van der Waals surface area contributed by atoms with Crippen LogP contribution >= 0.6 is 23.1 Å². The summed E-state index contributed by atoms with van der Waals surface area (Å²) in [5, 5.41) is 14.0. The Hall–Kier alpha value is -2.19. The molecule has 1 amide bonds. The van der Waals surface area contributed by atoms with Gasteiger partial charge in [0.15, 0.2) is 11.0 Å². The summed E-state index contributed by atoms with van der Waals surface area (Å²) in [5.41, 5.74) is 1.23. The third kappa shape index (κ3) is 4.80. The normalized spacial score (nSPS) is 11.2. The predicted molar refractivity (Wildman–Crippen MR) is 113 cm³/mol. The van der Waals surface area contributed by atoms with Gasteiger partial charge in [-0.2, -0.15) is 0 Å². The van der Waals surface area contributed by atoms with E-state index in [1.165, 1.54) is 28.8 Å². The number of aromatic nitrogens is 3. The van der Waals surface area contributed by atoms with Crippen LogP contribution in [0.4, 0.5) is 10.1 Å². The van der Waals surface area contributed by atoms with Crippen LogP contribution in [-0.2, 0) is 11.2 Å². The molecule has 2 heterocycles. The quantitative estimate of drug-likeness (QED) is 0.497. The largest absolute Gasteiger partial charge is 0.323 e. The number of hydrogen-bond donors (Lipinski definition) is 1. The van der Waals surface area contributed by atoms with Gasteiger partial charge in [0.25, 0.3) is 0 Å². The average Bonchev–Trinajstić information content (AvgIpc) is 3.29. The number of benzene rings is 1. The highest BCUT2D eigenvalue weighted by Crippen LogP contribution is 2.31. The van der Waals surface area contributed by atoms with Gasteiger partial charge in [-0.15, -0.1) is 21.5 Å². The summed E-state index contributed by atoms with van der Waals surface area (Å²) < 4.78 is 15.7. The Kier molecular flexibility index (Phi) is 6.85. The second-order valence-electron chi connectivity index (χ2n) is 6.64. The molecule has 0 saturated heterocycles. The summed E-state index contributed by atoms with van der Waals surface area (Å²) in [4.78, 5) is 13.5. The van der Waals surface area contributed by atoms with Crippen LogP contribution in [0.1, 0.15) is 38.1 Å². The van der Waals surface area contributed by atoms with E-state index in [0.717, 1.165) is 24.2 Å². The number of carbonyl (C=O) groups is 1. The van der Waals surface area contributed by atoms with Gasteiger partial charge in [-0.1, -0.05) is 37.2 Å². The molecule has 0 fully saturated rings. The van der Waals surface area contributed by atoms with Crippen molar-refractivity contribution in [1.29, 1.82) is 0 Å². The van der Waals surface area contributed by atoms with Gasteiger partial charge in [0, 0.05) is 21.9 Å². The van der Waals surface area contributed by atoms with Crippen molar-refractivity contribution in [3.8, 4) is 11.4 Å². The summed E-state index contributed by atoms with van der Waals surface area (Å²) in [6, 6.07) is 8.44. The minimum Gasteiger partial charge on any atom is -0.323 e. The fourth-order valence-electron chi connectivity index (χ4n) is 2.79. The van der Waals surface area contributed by atoms with Crippen molar-refractivity contribution in [2.24, 2.45) is 0 Å². The van der Waals surface area contributed by atoms with Crippen LogP contribution in [0.15, 0.2) is 40.9 Å². The molecule has 0 saturated carbocycles. The van der Waals surface area contributed by atoms with Gasteiger partial charge >= 0.3 is 0 Å². The van der Waals surface area contributed by atoms with Gasteiger partial charge in [-0.05, 0) is 38.5 Å². The van der Waals surface area contributed by atoms with Gasteiger partial charge in [0.1, 0.15) is 5.82 Å². The van der Waals surface area contributed by atoms with Gasteiger partial charge in [0.2, 0.25) is 5.91 Å². The minimum atomic E-state index is -0.450. The number of rotatable bonds is 8. The van der Waals surface area contributed by atoms with Crippen LogP contribution in [0.2, 0.25) is 0 Å². The van der Waals surface area contributed by atoms with Crippen LogP contribution < -0.4 is 5.32 Å². The zero-order valence-corrected chi connectivity index (χ0v) is 17.7. The van der Waals surface area contributed by atoms with Crippen molar-refractivity contribution in [1.82, 2.24) is 14.8 Å². The number of aryl methyl sites for hydroxylation is 1. The number of amides is 1. The Morgan fingerprint density at radius 3 is 2.82 bits per heavy atom. The first-order chi connectivity index (χ1) is 13.5. The first kappa shape index (κ1) is 20.5. The fraction of sp³-hybridized carbons (Fsp3) is 0.350. The van der Waals surface area contributed by atoms with Gasteiger partial charge in [0.05, 0.1) is 11.4 Å². The molecule has 0 aliphatic heterocycles. The maximum Gasteiger partial charge on any atom is 0.234 e. The molecule has 1 N–H and O–H groups in total.